The predicted octanol–water partition coefficient (Wildman–Crippen LogP) is 3.07. The Balaban J connectivity index is 1.46. The van der Waals surface area contributed by atoms with E-state index in [0.29, 0.717) is 48.6 Å². The zero-order valence-corrected chi connectivity index (χ0v) is 16.7. The lowest BCUT2D eigenvalue weighted by Gasteiger charge is -2.30. The number of nitrogens with zero attached hydrogens (tertiary/aromatic N) is 1. The number of amides is 1. The lowest BCUT2D eigenvalue weighted by Crippen LogP contribution is -2.44. The fourth-order valence-electron chi connectivity index (χ4n) is 4.33. The molecule has 7 nitrogen and oxygen atoms in total. The van der Waals surface area contributed by atoms with Gasteiger partial charge < -0.3 is 23.8 Å². The standard InChI is InChI=1S/C22H27NO6/c1-26-22(25)17(12-15-6-3-2-4-7-15)23-14-16(13-20(23)24)29-19-9-5-8-18-21(19)28-11-10-27-18/h5,8-9,13,15,17H,2-4,6-7,10-12,14H2,1H3/t17-/m0/s1. The first-order chi connectivity index (χ1) is 14.2. The summed E-state index contributed by atoms with van der Waals surface area (Å²) in [5.74, 6) is 2.00. The number of fused-ring (bicyclic) bond motifs is 1. The van der Waals surface area contributed by atoms with E-state index in [4.69, 9.17) is 18.9 Å². The molecule has 0 saturated heterocycles. The predicted molar refractivity (Wildman–Crippen MR) is 105 cm³/mol. The summed E-state index contributed by atoms with van der Waals surface area (Å²) in [5.41, 5.74) is 0. The average molecular weight is 401 g/mol. The van der Waals surface area contributed by atoms with E-state index in [1.54, 1.807) is 11.0 Å². The molecule has 29 heavy (non-hydrogen) atoms. The second-order valence-electron chi connectivity index (χ2n) is 7.74. The van der Waals surface area contributed by atoms with E-state index in [9.17, 15) is 9.59 Å². The minimum atomic E-state index is -0.586. The summed E-state index contributed by atoms with van der Waals surface area (Å²) in [6, 6.07) is 4.83. The highest BCUT2D eigenvalue weighted by Gasteiger charge is 2.37. The number of hydrogen-bond acceptors (Lipinski definition) is 6. The Morgan fingerprint density at radius 1 is 1.21 bits per heavy atom. The molecule has 1 saturated carbocycles. The van der Waals surface area contributed by atoms with Crippen LogP contribution in [0.1, 0.15) is 38.5 Å². The smallest absolute Gasteiger partial charge is 0.328 e. The third kappa shape index (κ3) is 4.33. The van der Waals surface area contributed by atoms with Gasteiger partial charge in [0.15, 0.2) is 11.5 Å². The molecule has 1 atom stereocenters. The lowest BCUT2D eigenvalue weighted by atomic mass is 9.84. The second kappa shape index (κ2) is 8.76. The van der Waals surface area contributed by atoms with E-state index >= 15 is 0 Å². The first kappa shape index (κ1) is 19.6. The molecule has 156 valence electrons. The number of carbonyl (C=O) groups is 2. The van der Waals surface area contributed by atoms with Gasteiger partial charge in [0.1, 0.15) is 25.0 Å². The van der Waals surface area contributed by atoms with Crippen molar-refractivity contribution in [1.82, 2.24) is 4.90 Å². The molecule has 0 N–H and O–H groups in total. The Hall–Kier alpha value is -2.70. The maximum absolute atomic E-state index is 12.7. The molecule has 1 aliphatic carbocycles. The molecule has 2 heterocycles. The number of benzene rings is 1. The van der Waals surface area contributed by atoms with Gasteiger partial charge in [-0.15, -0.1) is 0 Å². The van der Waals surface area contributed by atoms with Gasteiger partial charge in [-0.05, 0) is 24.5 Å². The van der Waals surface area contributed by atoms with Crippen molar-refractivity contribution >= 4 is 11.9 Å². The fraction of sp³-hybridized carbons (Fsp3) is 0.545. The van der Waals surface area contributed by atoms with E-state index in [1.807, 2.05) is 12.1 Å². The van der Waals surface area contributed by atoms with E-state index in [-0.39, 0.29) is 18.4 Å². The van der Waals surface area contributed by atoms with Crippen LogP contribution in [0.15, 0.2) is 30.0 Å². The molecule has 0 aromatic heterocycles. The van der Waals surface area contributed by atoms with Crippen molar-refractivity contribution in [3.63, 3.8) is 0 Å². The average Bonchev–Trinajstić information content (AvgIpc) is 3.12. The number of ether oxygens (including phenoxy) is 4. The van der Waals surface area contributed by atoms with Crippen LogP contribution in [0.4, 0.5) is 0 Å². The summed E-state index contributed by atoms with van der Waals surface area (Å²) in [6.07, 6.45) is 7.88. The fourth-order valence-corrected chi connectivity index (χ4v) is 4.33. The van der Waals surface area contributed by atoms with E-state index in [2.05, 4.69) is 0 Å². The molecule has 0 unspecified atom stereocenters. The quantitative estimate of drug-likeness (QED) is 0.682. The lowest BCUT2D eigenvalue weighted by molar-refractivity contribution is -0.151. The number of esters is 1. The molecule has 1 fully saturated rings. The summed E-state index contributed by atoms with van der Waals surface area (Å²) in [7, 11) is 1.37. The van der Waals surface area contributed by atoms with E-state index < -0.39 is 6.04 Å². The summed E-state index contributed by atoms with van der Waals surface area (Å²) in [5, 5.41) is 0. The molecule has 1 amide bonds. The minimum Gasteiger partial charge on any atom is -0.486 e. The van der Waals surface area contributed by atoms with Gasteiger partial charge in [-0.25, -0.2) is 4.79 Å². The van der Waals surface area contributed by atoms with Crippen LogP contribution in [0.2, 0.25) is 0 Å². The van der Waals surface area contributed by atoms with Crippen LogP contribution in [0.25, 0.3) is 0 Å². The van der Waals surface area contributed by atoms with Crippen molar-refractivity contribution in [3.8, 4) is 17.2 Å². The van der Waals surface area contributed by atoms with Crippen molar-refractivity contribution in [2.24, 2.45) is 5.92 Å². The van der Waals surface area contributed by atoms with Crippen molar-refractivity contribution in [1.29, 1.82) is 0 Å². The van der Waals surface area contributed by atoms with Gasteiger partial charge in [0.2, 0.25) is 5.75 Å². The van der Waals surface area contributed by atoms with Crippen LogP contribution in [-0.4, -0.2) is 49.7 Å². The van der Waals surface area contributed by atoms with Crippen LogP contribution >= 0.6 is 0 Å². The van der Waals surface area contributed by atoms with Crippen molar-refractivity contribution in [3.05, 3.63) is 30.0 Å². The number of para-hydroxylation sites is 1. The second-order valence-corrected chi connectivity index (χ2v) is 7.74. The number of rotatable bonds is 6. The monoisotopic (exact) mass is 401 g/mol. The molecule has 4 rings (SSSR count). The molecular weight excluding hydrogens is 374 g/mol. The molecule has 0 bridgehead atoms. The number of hydrogen-bond donors (Lipinski definition) is 0. The van der Waals surface area contributed by atoms with Gasteiger partial charge in [0.25, 0.3) is 5.91 Å². The molecule has 1 aromatic carbocycles. The molecule has 2 aliphatic heterocycles. The van der Waals surface area contributed by atoms with Crippen molar-refractivity contribution < 1.29 is 28.5 Å². The topological polar surface area (TPSA) is 74.3 Å². The zero-order valence-electron chi connectivity index (χ0n) is 16.7. The van der Waals surface area contributed by atoms with Gasteiger partial charge in [0, 0.05) is 6.08 Å². The van der Waals surface area contributed by atoms with Crippen LogP contribution in [0.5, 0.6) is 17.2 Å². The third-order valence-electron chi connectivity index (χ3n) is 5.80. The van der Waals surface area contributed by atoms with Crippen molar-refractivity contribution in [2.75, 3.05) is 26.9 Å². The van der Waals surface area contributed by atoms with Gasteiger partial charge in [0.05, 0.1) is 13.7 Å². The SMILES string of the molecule is COC(=O)[C@H](CC1CCCCC1)N1CC(Oc2cccc3c2OCCO3)=CC1=O. The molecule has 0 radical (unpaired) electrons. The van der Waals surface area contributed by atoms with Gasteiger partial charge in [-0.1, -0.05) is 38.2 Å². The van der Waals surface area contributed by atoms with Crippen LogP contribution in [0, 0.1) is 5.92 Å². The Labute approximate surface area is 170 Å². The molecular formula is C22H27NO6. The third-order valence-corrected chi connectivity index (χ3v) is 5.80. The van der Waals surface area contributed by atoms with Gasteiger partial charge >= 0.3 is 5.97 Å². The largest absolute Gasteiger partial charge is 0.486 e. The highest BCUT2D eigenvalue weighted by molar-refractivity contribution is 5.94. The summed E-state index contributed by atoms with van der Waals surface area (Å²) in [6.45, 7) is 1.17. The number of methoxy groups -OCH3 is 1. The van der Waals surface area contributed by atoms with E-state index in [1.165, 1.54) is 32.4 Å². The Morgan fingerprint density at radius 3 is 2.79 bits per heavy atom. The van der Waals surface area contributed by atoms with Crippen LogP contribution in [-0.2, 0) is 14.3 Å². The Kier molecular flexibility index (Phi) is 5.92. The van der Waals surface area contributed by atoms with E-state index in [0.717, 1.165) is 12.8 Å². The van der Waals surface area contributed by atoms with Crippen LogP contribution < -0.4 is 14.2 Å². The summed E-state index contributed by atoms with van der Waals surface area (Å²) < 4.78 is 22.2. The highest BCUT2D eigenvalue weighted by Crippen LogP contribution is 2.40. The Morgan fingerprint density at radius 2 is 2.00 bits per heavy atom. The van der Waals surface area contributed by atoms with Crippen LogP contribution in [0.3, 0.4) is 0 Å². The normalized spacial score (nSPS) is 20.2. The first-order valence-electron chi connectivity index (χ1n) is 10.3. The highest BCUT2D eigenvalue weighted by atomic mass is 16.6. The maximum Gasteiger partial charge on any atom is 0.328 e. The zero-order chi connectivity index (χ0) is 20.2. The number of carbonyl (C=O) groups excluding carboxylic acids is 2. The molecule has 0 spiro atoms. The summed E-state index contributed by atoms with van der Waals surface area (Å²) in [4.78, 5) is 26.7. The molecule has 3 aliphatic rings. The molecule has 1 aromatic rings. The minimum absolute atomic E-state index is 0.229. The Bertz CT molecular complexity index is 798. The maximum atomic E-state index is 12.7. The molecule has 7 heteroatoms. The summed E-state index contributed by atoms with van der Waals surface area (Å²) >= 11 is 0. The van der Waals surface area contributed by atoms with Gasteiger partial charge in [-0.2, -0.15) is 0 Å². The van der Waals surface area contributed by atoms with Crippen molar-refractivity contribution in [2.45, 2.75) is 44.6 Å². The van der Waals surface area contributed by atoms with Gasteiger partial charge in [-0.3, -0.25) is 4.79 Å². The first-order valence-corrected chi connectivity index (χ1v) is 10.3.